The van der Waals surface area contributed by atoms with Crippen molar-refractivity contribution in [2.45, 2.75) is 18.9 Å². The van der Waals surface area contributed by atoms with Gasteiger partial charge < -0.3 is 24.4 Å². The van der Waals surface area contributed by atoms with Crippen LogP contribution in [0.4, 0.5) is 5.69 Å². The van der Waals surface area contributed by atoms with Crippen LogP contribution in [0.5, 0.6) is 17.2 Å². The minimum absolute atomic E-state index is 0.247. The number of ether oxygens (including phenoxy) is 3. The van der Waals surface area contributed by atoms with Crippen molar-refractivity contribution in [3.05, 3.63) is 48.0 Å². The van der Waals surface area contributed by atoms with Gasteiger partial charge in [-0.3, -0.25) is 0 Å². The second-order valence-electron chi connectivity index (χ2n) is 6.42. The summed E-state index contributed by atoms with van der Waals surface area (Å²) in [6.07, 6.45) is 2.18. The zero-order chi connectivity index (χ0) is 17.9. The number of hydrogen-bond donors (Lipinski definition) is 1. The van der Waals surface area contributed by atoms with Crippen LogP contribution in [-0.2, 0) is 0 Å². The molecular formula is C20H22N2O3S. The van der Waals surface area contributed by atoms with E-state index in [-0.39, 0.29) is 6.04 Å². The van der Waals surface area contributed by atoms with Gasteiger partial charge in [-0.1, -0.05) is 12.1 Å². The Labute approximate surface area is 158 Å². The lowest BCUT2D eigenvalue weighted by atomic mass is 10.0. The van der Waals surface area contributed by atoms with E-state index in [1.54, 1.807) is 7.11 Å². The topological polar surface area (TPSA) is 43.0 Å². The summed E-state index contributed by atoms with van der Waals surface area (Å²) in [6.45, 7) is 2.14. The minimum Gasteiger partial charge on any atom is -0.497 e. The molecule has 2 aromatic carbocycles. The van der Waals surface area contributed by atoms with Crippen LogP contribution < -0.4 is 19.5 Å². The monoisotopic (exact) mass is 370 g/mol. The second-order valence-corrected chi connectivity index (χ2v) is 6.80. The van der Waals surface area contributed by atoms with Crippen molar-refractivity contribution in [1.82, 2.24) is 4.90 Å². The fraction of sp³-hybridized carbons (Fsp3) is 0.350. The molecule has 1 N–H and O–H groups in total. The number of nitrogens with one attached hydrogen (secondary N) is 1. The number of likely N-dealkylation sites (tertiary alicyclic amines) is 1. The Balaban J connectivity index is 1.51. The molecule has 26 heavy (non-hydrogen) atoms. The lowest BCUT2D eigenvalue weighted by Crippen LogP contribution is -2.34. The van der Waals surface area contributed by atoms with Crippen molar-refractivity contribution in [3.63, 3.8) is 0 Å². The molecule has 2 aliphatic rings. The van der Waals surface area contributed by atoms with Crippen LogP contribution in [0.25, 0.3) is 0 Å². The molecule has 5 nitrogen and oxygen atoms in total. The first-order chi connectivity index (χ1) is 12.7. The predicted octanol–water partition coefficient (Wildman–Crippen LogP) is 4.00. The average Bonchev–Trinajstić information content (AvgIpc) is 3.18. The van der Waals surface area contributed by atoms with E-state index in [4.69, 9.17) is 26.4 Å². The molecule has 2 aliphatic heterocycles. The number of fused-ring (bicyclic) bond motifs is 1. The van der Waals surface area contributed by atoms with Crippen LogP contribution in [0.2, 0.25) is 0 Å². The molecule has 0 amide bonds. The second kappa shape index (κ2) is 7.41. The summed E-state index contributed by atoms with van der Waals surface area (Å²) in [7, 11) is 1.66. The van der Waals surface area contributed by atoms with E-state index in [0.717, 1.165) is 47.4 Å². The third-order valence-electron chi connectivity index (χ3n) is 4.79. The molecule has 0 radical (unpaired) electrons. The van der Waals surface area contributed by atoms with Gasteiger partial charge in [-0.2, -0.15) is 0 Å². The van der Waals surface area contributed by atoms with Crippen LogP contribution in [-0.4, -0.2) is 36.9 Å². The Hall–Kier alpha value is -2.47. The zero-order valence-electron chi connectivity index (χ0n) is 14.7. The van der Waals surface area contributed by atoms with Crippen LogP contribution in [0.1, 0.15) is 24.4 Å². The zero-order valence-corrected chi connectivity index (χ0v) is 15.6. The van der Waals surface area contributed by atoms with Gasteiger partial charge in [0.15, 0.2) is 16.6 Å². The highest BCUT2D eigenvalue weighted by atomic mass is 32.1. The van der Waals surface area contributed by atoms with E-state index in [0.29, 0.717) is 13.2 Å². The molecule has 0 aliphatic carbocycles. The fourth-order valence-electron chi connectivity index (χ4n) is 3.52. The molecule has 6 heteroatoms. The normalized spacial score (nSPS) is 18.5. The molecule has 1 saturated heterocycles. The summed E-state index contributed by atoms with van der Waals surface area (Å²) in [5.41, 5.74) is 2.14. The first-order valence-electron chi connectivity index (χ1n) is 8.86. The van der Waals surface area contributed by atoms with Crippen molar-refractivity contribution >= 4 is 23.0 Å². The summed E-state index contributed by atoms with van der Waals surface area (Å²) in [5.74, 6) is 2.46. The maximum absolute atomic E-state index is 5.73. The van der Waals surface area contributed by atoms with E-state index in [9.17, 15) is 0 Å². The summed E-state index contributed by atoms with van der Waals surface area (Å²) in [4.78, 5) is 2.25. The predicted molar refractivity (Wildman–Crippen MR) is 105 cm³/mol. The third-order valence-corrected chi connectivity index (χ3v) is 5.12. The SMILES string of the molecule is COc1cccc(NC(=S)N2CCC[C@@H]2c2ccc3c(c2)OCCO3)c1. The fourth-order valence-corrected chi connectivity index (χ4v) is 3.86. The highest BCUT2D eigenvalue weighted by molar-refractivity contribution is 7.80. The number of rotatable bonds is 3. The van der Waals surface area contributed by atoms with Gasteiger partial charge in [0.25, 0.3) is 0 Å². The van der Waals surface area contributed by atoms with Crippen LogP contribution in [0.3, 0.4) is 0 Å². The maximum Gasteiger partial charge on any atom is 0.173 e. The first-order valence-corrected chi connectivity index (χ1v) is 9.26. The maximum atomic E-state index is 5.73. The van der Waals surface area contributed by atoms with Crippen LogP contribution in [0, 0.1) is 0 Å². The Morgan fingerprint density at radius 3 is 2.85 bits per heavy atom. The third kappa shape index (κ3) is 3.42. The van der Waals surface area contributed by atoms with Crippen molar-refractivity contribution < 1.29 is 14.2 Å². The van der Waals surface area contributed by atoms with Crippen LogP contribution in [0.15, 0.2) is 42.5 Å². The number of thiocarbonyl (C=S) groups is 1. The highest BCUT2D eigenvalue weighted by Crippen LogP contribution is 2.38. The molecule has 0 spiro atoms. The number of benzene rings is 2. The standard InChI is InChI=1S/C20H22N2O3S/c1-23-16-5-2-4-15(13-16)21-20(26)22-9-3-6-17(22)14-7-8-18-19(12-14)25-11-10-24-18/h2,4-5,7-8,12-13,17H,3,6,9-11H2,1H3,(H,21,26)/t17-/m1/s1. The summed E-state index contributed by atoms with van der Waals surface area (Å²) in [6, 6.07) is 14.3. The Bertz CT molecular complexity index is 811. The molecule has 0 aromatic heterocycles. The molecular weight excluding hydrogens is 348 g/mol. The lowest BCUT2D eigenvalue weighted by Gasteiger charge is -2.29. The van der Waals surface area contributed by atoms with Gasteiger partial charge >= 0.3 is 0 Å². The molecule has 1 fully saturated rings. The van der Waals surface area contributed by atoms with E-state index < -0.39 is 0 Å². The number of hydrogen-bond acceptors (Lipinski definition) is 4. The van der Waals surface area contributed by atoms with Crippen molar-refractivity contribution in [1.29, 1.82) is 0 Å². The van der Waals surface area contributed by atoms with Crippen molar-refractivity contribution in [2.24, 2.45) is 0 Å². The minimum atomic E-state index is 0.247. The van der Waals surface area contributed by atoms with E-state index in [1.165, 1.54) is 5.56 Å². The van der Waals surface area contributed by atoms with Gasteiger partial charge in [0, 0.05) is 18.3 Å². The van der Waals surface area contributed by atoms with Gasteiger partial charge in [-0.25, -0.2) is 0 Å². The summed E-state index contributed by atoms with van der Waals surface area (Å²) in [5, 5.41) is 4.07. The molecule has 136 valence electrons. The van der Waals surface area contributed by atoms with E-state index >= 15 is 0 Å². The van der Waals surface area contributed by atoms with Gasteiger partial charge in [0.1, 0.15) is 19.0 Å². The van der Waals surface area contributed by atoms with E-state index in [1.807, 2.05) is 30.3 Å². The largest absolute Gasteiger partial charge is 0.497 e. The van der Waals surface area contributed by atoms with Gasteiger partial charge in [0.05, 0.1) is 13.2 Å². The Morgan fingerprint density at radius 2 is 2.00 bits per heavy atom. The van der Waals surface area contributed by atoms with Gasteiger partial charge in [-0.05, 0) is 54.9 Å². The Morgan fingerprint density at radius 1 is 1.15 bits per heavy atom. The lowest BCUT2D eigenvalue weighted by molar-refractivity contribution is 0.171. The molecule has 4 rings (SSSR count). The van der Waals surface area contributed by atoms with E-state index in [2.05, 4.69) is 22.3 Å². The first kappa shape index (κ1) is 17.0. The summed E-state index contributed by atoms with van der Waals surface area (Å²) >= 11 is 5.69. The molecule has 0 saturated carbocycles. The molecule has 0 unspecified atom stereocenters. The quantitative estimate of drug-likeness (QED) is 0.824. The molecule has 1 atom stereocenters. The Kier molecular flexibility index (Phi) is 4.84. The molecule has 2 aromatic rings. The average molecular weight is 370 g/mol. The smallest absolute Gasteiger partial charge is 0.173 e. The van der Waals surface area contributed by atoms with Gasteiger partial charge in [-0.15, -0.1) is 0 Å². The van der Waals surface area contributed by atoms with Crippen LogP contribution >= 0.6 is 12.2 Å². The summed E-state index contributed by atoms with van der Waals surface area (Å²) < 4.78 is 16.6. The number of anilines is 1. The number of methoxy groups -OCH3 is 1. The highest BCUT2D eigenvalue weighted by Gasteiger charge is 2.29. The molecule has 0 bridgehead atoms. The number of nitrogens with zero attached hydrogens (tertiary/aromatic N) is 1. The van der Waals surface area contributed by atoms with Crippen molar-refractivity contribution in [3.8, 4) is 17.2 Å². The van der Waals surface area contributed by atoms with Crippen molar-refractivity contribution in [2.75, 3.05) is 32.2 Å². The van der Waals surface area contributed by atoms with Gasteiger partial charge in [0.2, 0.25) is 0 Å². The molecule has 2 heterocycles.